The zero-order valence-corrected chi connectivity index (χ0v) is 40.1. The monoisotopic (exact) mass is 760 g/mol. The molecule has 0 radical (unpaired) electrons. The summed E-state index contributed by atoms with van der Waals surface area (Å²) in [4.78, 5) is -1.38. The van der Waals surface area contributed by atoms with Crippen LogP contribution in [0.4, 0.5) is 22.7 Å². The Kier molecular flexibility index (Phi) is 22.2. The van der Waals surface area contributed by atoms with Gasteiger partial charge >= 0.3 is 206 Å². The van der Waals surface area contributed by atoms with E-state index in [1.807, 2.05) is 0 Å². The molecule has 0 aliphatic carbocycles. The molecule has 4 rings (SSSR count). The van der Waals surface area contributed by atoms with Gasteiger partial charge in [0.05, 0.1) is 32.5 Å². The molecule has 216 valence electrons. The Labute approximate surface area is 437 Å². The van der Waals surface area contributed by atoms with Gasteiger partial charge in [-0.15, -0.1) is 0 Å². The summed E-state index contributed by atoms with van der Waals surface area (Å²) >= 11 is 0. The van der Waals surface area contributed by atoms with E-state index >= 15 is 0 Å². The molecule has 0 aliphatic rings. The van der Waals surface area contributed by atoms with Crippen LogP contribution in [-0.4, -0.2) is 25.9 Å². The van der Waals surface area contributed by atoms with E-state index in [4.69, 9.17) is 0 Å². The van der Waals surface area contributed by atoms with E-state index in [1.165, 1.54) is 48.5 Å². The fourth-order valence-corrected chi connectivity index (χ4v) is 5.07. The molecule has 0 unspecified atom stereocenters. The van der Waals surface area contributed by atoms with Crippen LogP contribution >= 0.6 is 0 Å². The smallest absolute Gasteiger partial charge is 0.871 e. The van der Waals surface area contributed by atoms with Gasteiger partial charge in [-0.2, -0.15) is 20.5 Å². The summed E-state index contributed by atoms with van der Waals surface area (Å²) in [5.74, 6) is -0.801. The Morgan fingerprint density at radius 1 is 0.522 bits per heavy atom. The number of azo groups is 2. The van der Waals surface area contributed by atoms with Crippen molar-refractivity contribution in [3.63, 3.8) is 0 Å². The van der Waals surface area contributed by atoms with E-state index in [0.29, 0.717) is 0 Å². The van der Waals surface area contributed by atoms with Gasteiger partial charge in [0.15, 0.2) is 0 Å². The summed E-state index contributed by atoms with van der Waals surface area (Å²) in [5.41, 5.74) is 1.24. The van der Waals surface area contributed by atoms with Gasteiger partial charge in [-0.05, 0) is 72.5 Å². The molecule has 0 amide bonds. The Morgan fingerprint density at radius 2 is 0.870 bits per heavy atom. The number of benzene rings is 4. The SMILES string of the molecule is Cc1ccc([O-])c(N=Nc2ccc(/C=C/c3ccc(N=Nc4cc(C)ccc4[O-])cc3S(=O)(=O)[O-])c(S(=O)(=O)[O-])c2)c1.[K+].[K+].[K+].[K+]. The average Bonchev–Trinajstić information content (AvgIpc) is 2.92. The van der Waals surface area contributed by atoms with E-state index in [2.05, 4.69) is 20.5 Å². The summed E-state index contributed by atoms with van der Waals surface area (Å²) < 4.78 is 72.0. The molecular formula is C28H20K4N4O8S2. The first-order valence-corrected chi connectivity index (χ1v) is 14.8. The quantitative estimate of drug-likeness (QED) is 0.0728. The van der Waals surface area contributed by atoms with Gasteiger partial charge in [-0.1, -0.05) is 60.0 Å². The summed E-state index contributed by atoms with van der Waals surface area (Å²) in [6.07, 6.45) is 2.29. The molecule has 0 aromatic heterocycles. The van der Waals surface area contributed by atoms with Crippen molar-refractivity contribution in [2.24, 2.45) is 20.5 Å². The predicted octanol–water partition coefficient (Wildman–Crippen LogP) is -6.72. The first-order valence-electron chi connectivity index (χ1n) is 12.0. The molecule has 4 aromatic rings. The molecule has 0 N–H and O–H groups in total. The van der Waals surface area contributed by atoms with Crippen molar-refractivity contribution in [3.8, 4) is 11.5 Å². The Balaban J connectivity index is 0.00000506. The van der Waals surface area contributed by atoms with Crippen LogP contribution in [0.15, 0.2) is 103 Å². The Hall–Kier alpha value is 1.79. The number of hydrogen-bond donors (Lipinski definition) is 0. The van der Waals surface area contributed by atoms with Crippen molar-refractivity contribution in [1.82, 2.24) is 0 Å². The van der Waals surface area contributed by atoms with Gasteiger partial charge in [-0.3, -0.25) is 0 Å². The van der Waals surface area contributed by atoms with Crippen molar-refractivity contribution in [3.05, 3.63) is 95.1 Å². The number of nitrogens with zero attached hydrogens (tertiary/aromatic N) is 4. The van der Waals surface area contributed by atoms with Gasteiger partial charge in [0, 0.05) is 0 Å². The van der Waals surface area contributed by atoms with Crippen LogP contribution in [0.3, 0.4) is 0 Å². The molecule has 18 heteroatoms. The molecule has 46 heavy (non-hydrogen) atoms. The van der Waals surface area contributed by atoms with Crippen LogP contribution in [0.25, 0.3) is 12.2 Å². The zero-order chi connectivity index (χ0) is 30.7. The van der Waals surface area contributed by atoms with E-state index in [-0.39, 0.29) is 239 Å². The van der Waals surface area contributed by atoms with Gasteiger partial charge in [-0.25, -0.2) is 16.8 Å². The molecular weight excluding hydrogens is 741 g/mol. The zero-order valence-electron chi connectivity index (χ0n) is 26.0. The van der Waals surface area contributed by atoms with Gasteiger partial charge in [0.25, 0.3) is 0 Å². The third-order valence-corrected chi connectivity index (χ3v) is 7.54. The number of hydrogen-bond acceptors (Lipinski definition) is 12. The molecule has 0 bridgehead atoms. The second kappa shape index (κ2) is 21.3. The third-order valence-electron chi connectivity index (χ3n) is 5.75. The minimum Gasteiger partial charge on any atom is -0.871 e. The maximum atomic E-state index is 12.0. The fourth-order valence-electron chi connectivity index (χ4n) is 3.69. The van der Waals surface area contributed by atoms with Crippen LogP contribution in [0.5, 0.6) is 11.5 Å². The third kappa shape index (κ3) is 14.1. The van der Waals surface area contributed by atoms with E-state index in [1.54, 1.807) is 26.0 Å². The van der Waals surface area contributed by atoms with Crippen molar-refractivity contribution in [2.75, 3.05) is 0 Å². The maximum Gasteiger partial charge on any atom is 1.00 e. The summed E-state index contributed by atoms with van der Waals surface area (Å²) in [6, 6.07) is 15.9. The maximum absolute atomic E-state index is 12.0. The molecule has 0 atom stereocenters. The Bertz CT molecular complexity index is 1860. The predicted molar refractivity (Wildman–Crippen MR) is 147 cm³/mol. The Morgan fingerprint density at radius 3 is 1.20 bits per heavy atom. The van der Waals surface area contributed by atoms with Gasteiger partial charge in [0.2, 0.25) is 0 Å². The average molecular weight is 761 g/mol. The first-order chi connectivity index (χ1) is 19.7. The topological polar surface area (TPSA) is 210 Å². The molecule has 0 spiro atoms. The van der Waals surface area contributed by atoms with Crippen molar-refractivity contribution in [2.45, 2.75) is 23.6 Å². The summed E-state index contributed by atoms with van der Waals surface area (Å²) in [7, 11) is -10.1. The second-order valence-electron chi connectivity index (χ2n) is 9.03. The number of rotatable bonds is 8. The fraction of sp³-hybridized carbons (Fsp3) is 0.0714. The van der Waals surface area contributed by atoms with Crippen LogP contribution in [0, 0.1) is 13.8 Å². The minimum atomic E-state index is -5.04. The van der Waals surface area contributed by atoms with Crippen molar-refractivity contribution < 1.29 is 242 Å². The standard InChI is InChI=1S/C28H24N4O8S2.4K/c1-17-3-11-25(33)23(13-17)31-29-21-9-7-19(27(15-21)41(35,36)37)5-6-20-8-10-22(16-28(20)42(38,39)40)30-32-24-14-18(2)4-12-26(24)34;;;;/h3-16,33-34H,1-2H3,(H,35,36,37)(H,38,39,40);;;;/q;4*+1/p-4/b6-5+,31-29?,32-30?;;;;. The molecule has 4 aromatic carbocycles. The molecule has 0 saturated carbocycles. The van der Waals surface area contributed by atoms with Gasteiger partial charge < -0.3 is 19.3 Å². The summed E-state index contributed by atoms with van der Waals surface area (Å²) in [6.45, 7) is 3.50. The molecule has 0 saturated heterocycles. The van der Waals surface area contributed by atoms with E-state index in [9.17, 15) is 36.2 Å². The van der Waals surface area contributed by atoms with Crippen LogP contribution in [0.2, 0.25) is 0 Å². The first kappa shape index (κ1) is 47.8. The van der Waals surface area contributed by atoms with Crippen LogP contribution in [-0.2, 0) is 20.2 Å². The number of aryl methyl sites for hydroxylation is 2. The molecule has 0 heterocycles. The molecule has 0 fully saturated rings. The van der Waals surface area contributed by atoms with Crippen LogP contribution < -0.4 is 216 Å². The van der Waals surface area contributed by atoms with E-state index in [0.717, 1.165) is 35.4 Å². The van der Waals surface area contributed by atoms with Gasteiger partial charge in [0.1, 0.15) is 20.2 Å². The molecule has 0 aliphatic heterocycles. The minimum absolute atomic E-state index is 0. The normalized spacial score (nSPS) is 11.5. The van der Waals surface area contributed by atoms with Crippen LogP contribution in [0.1, 0.15) is 22.3 Å². The second-order valence-corrected chi connectivity index (χ2v) is 11.7. The van der Waals surface area contributed by atoms with Crippen molar-refractivity contribution >= 4 is 55.1 Å². The molecule has 12 nitrogen and oxygen atoms in total. The van der Waals surface area contributed by atoms with Crippen molar-refractivity contribution in [1.29, 1.82) is 0 Å². The van der Waals surface area contributed by atoms with E-state index < -0.39 is 41.5 Å². The summed E-state index contributed by atoms with van der Waals surface area (Å²) in [5, 5.41) is 39.3. The largest absolute Gasteiger partial charge is 1.00 e.